The van der Waals surface area contributed by atoms with Crippen LogP contribution in [0.3, 0.4) is 0 Å². The molecule has 0 atom stereocenters. The first-order valence-electron chi connectivity index (χ1n) is 7.25. The molecule has 1 amide bonds. The van der Waals surface area contributed by atoms with E-state index in [-0.39, 0.29) is 5.91 Å². The SMILES string of the molecule is CCSc1ccccc1C(=O)Nc1ccc(C(C)C)cc1. The van der Waals surface area contributed by atoms with Crippen molar-refractivity contribution in [1.29, 1.82) is 0 Å². The van der Waals surface area contributed by atoms with Crippen LogP contribution in [0.25, 0.3) is 0 Å². The predicted octanol–water partition coefficient (Wildman–Crippen LogP) is 5.17. The van der Waals surface area contributed by atoms with Crippen molar-refractivity contribution in [2.24, 2.45) is 0 Å². The van der Waals surface area contributed by atoms with Crippen molar-refractivity contribution in [3.8, 4) is 0 Å². The fourth-order valence-corrected chi connectivity index (χ4v) is 2.89. The molecule has 2 aromatic carbocycles. The second-order valence-electron chi connectivity index (χ2n) is 5.16. The summed E-state index contributed by atoms with van der Waals surface area (Å²) in [5, 5.41) is 2.97. The van der Waals surface area contributed by atoms with Gasteiger partial charge in [0.15, 0.2) is 0 Å². The minimum absolute atomic E-state index is 0.0520. The molecule has 110 valence electrons. The summed E-state index contributed by atoms with van der Waals surface area (Å²) < 4.78 is 0. The molecule has 0 aromatic heterocycles. The fraction of sp³-hybridized carbons (Fsp3) is 0.278. The van der Waals surface area contributed by atoms with Crippen molar-refractivity contribution in [2.75, 3.05) is 11.1 Å². The summed E-state index contributed by atoms with van der Waals surface area (Å²) in [5.74, 6) is 1.40. The Labute approximate surface area is 131 Å². The number of amides is 1. The van der Waals surface area contributed by atoms with Gasteiger partial charge in [0.25, 0.3) is 5.91 Å². The summed E-state index contributed by atoms with van der Waals surface area (Å²) >= 11 is 1.69. The van der Waals surface area contributed by atoms with Crippen molar-refractivity contribution in [1.82, 2.24) is 0 Å². The Balaban J connectivity index is 2.14. The largest absolute Gasteiger partial charge is 0.322 e. The summed E-state index contributed by atoms with van der Waals surface area (Å²) in [6, 6.07) is 15.8. The molecule has 0 aliphatic carbocycles. The van der Waals surface area contributed by atoms with Gasteiger partial charge in [-0.2, -0.15) is 0 Å². The third-order valence-electron chi connectivity index (χ3n) is 3.27. The summed E-state index contributed by atoms with van der Waals surface area (Å²) in [5.41, 5.74) is 2.84. The van der Waals surface area contributed by atoms with Gasteiger partial charge in [0.1, 0.15) is 0 Å². The molecule has 0 spiro atoms. The highest BCUT2D eigenvalue weighted by Gasteiger charge is 2.11. The van der Waals surface area contributed by atoms with Gasteiger partial charge >= 0.3 is 0 Å². The first kappa shape index (κ1) is 15.6. The quantitative estimate of drug-likeness (QED) is 0.771. The summed E-state index contributed by atoms with van der Waals surface area (Å²) in [6.07, 6.45) is 0. The maximum absolute atomic E-state index is 12.4. The second-order valence-corrected chi connectivity index (χ2v) is 6.47. The Hall–Kier alpha value is -1.74. The number of carbonyl (C=O) groups is 1. The molecule has 21 heavy (non-hydrogen) atoms. The maximum Gasteiger partial charge on any atom is 0.256 e. The lowest BCUT2D eigenvalue weighted by molar-refractivity contribution is 0.102. The molecule has 0 bridgehead atoms. The molecule has 0 aliphatic rings. The second kappa shape index (κ2) is 7.32. The van der Waals surface area contributed by atoms with Crippen LogP contribution in [0.15, 0.2) is 53.4 Å². The minimum Gasteiger partial charge on any atom is -0.322 e. The van der Waals surface area contributed by atoms with Gasteiger partial charge in [-0.25, -0.2) is 0 Å². The average molecular weight is 299 g/mol. The van der Waals surface area contributed by atoms with Gasteiger partial charge in [0.2, 0.25) is 0 Å². The van der Waals surface area contributed by atoms with Gasteiger partial charge in [-0.1, -0.05) is 45.0 Å². The number of anilines is 1. The third-order valence-corrected chi connectivity index (χ3v) is 4.22. The van der Waals surface area contributed by atoms with Crippen LogP contribution >= 0.6 is 11.8 Å². The first-order chi connectivity index (χ1) is 10.1. The first-order valence-corrected chi connectivity index (χ1v) is 8.23. The standard InChI is InChI=1S/C18H21NOS/c1-4-21-17-8-6-5-7-16(17)18(20)19-15-11-9-14(10-12-15)13(2)3/h5-13H,4H2,1-3H3,(H,19,20). The molecule has 2 rings (SSSR count). The minimum atomic E-state index is -0.0520. The van der Waals surface area contributed by atoms with Crippen LogP contribution in [0.2, 0.25) is 0 Å². The molecule has 0 saturated carbocycles. The summed E-state index contributed by atoms with van der Waals surface area (Å²) in [6.45, 7) is 6.40. The van der Waals surface area contributed by atoms with E-state index in [2.05, 4.69) is 38.2 Å². The fourth-order valence-electron chi connectivity index (χ4n) is 2.09. The molecular formula is C18H21NOS. The molecule has 0 saturated heterocycles. The van der Waals surface area contributed by atoms with Crippen molar-refractivity contribution >= 4 is 23.4 Å². The van der Waals surface area contributed by atoms with E-state index in [1.807, 2.05) is 36.4 Å². The molecule has 0 fully saturated rings. The van der Waals surface area contributed by atoms with Crippen LogP contribution in [-0.2, 0) is 0 Å². The van der Waals surface area contributed by atoms with E-state index < -0.39 is 0 Å². The Morgan fingerprint density at radius 1 is 1.10 bits per heavy atom. The normalized spacial score (nSPS) is 10.7. The van der Waals surface area contributed by atoms with E-state index in [1.165, 1.54) is 5.56 Å². The monoisotopic (exact) mass is 299 g/mol. The van der Waals surface area contributed by atoms with Gasteiger partial charge in [-0.15, -0.1) is 11.8 Å². The summed E-state index contributed by atoms with van der Waals surface area (Å²) in [4.78, 5) is 13.4. The number of carbonyl (C=O) groups excluding carboxylic acids is 1. The lowest BCUT2D eigenvalue weighted by Gasteiger charge is -2.10. The highest BCUT2D eigenvalue weighted by atomic mass is 32.2. The number of hydrogen-bond acceptors (Lipinski definition) is 2. The third kappa shape index (κ3) is 4.11. The van der Waals surface area contributed by atoms with Crippen LogP contribution in [0.4, 0.5) is 5.69 Å². The zero-order valence-corrected chi connectivity index (χ0v) is 13.5. The van der Waals surface area contributed by atoms with Crippen molar-refractivity contribution in [3.05, 3.63) is 59.7 Å². The van der Waals surface area contributed by atoms with Gasteiger partial charge in [-0.3, -0.25) is 4.79 Å². The zero-order valence-electron chi connectivity index (χ0n) is 12.7. The average Bonchev–Trinajstić information content (AvgIpc) is 2.48. The molecule has 0 radical (unpaired) electrons. The van der Waals surface area contributed by atoms with Gasteiger partial charge in [-0.05, 0) is 41.5 Å². The number of hydrogen-bond donors (Lipinski definition) is 1. The number of thioether (sulfide) groups is 1. The highest BCUT2D eigenvalue weighted by molar-refractivity contribution is 7.99. The lowest BCUT2D eigenvalue weighted by Crippen LogP contribution is -2.13. The Bertz CT molecular complexity index is 605. The highest BCUT2D eigenvalue weighted by Crippen LogP contribution is 2.23. The Kier molecular flexibility index (Phi) is 5.45. The zero-order chi connectivity index (χ0) is 15.2. The Morgan fingerprint density at radius 2 is 1.76 bits per heavy atom. The van der Waals surface area contributed by atoms with Crippen LogP contribution in [-0.4, -0.2) is 11.7 Å². The van der Waals surface area contributed by atoms with Crippen LogP contribution in [0.5, 0.6) is 0 Å². The van der Waals surface area contributed by atoms with E-state index in [4.69, 9.17) is 0 Å². The van der Waals surface area contributed by atoms with E-state index >= 15 is 0 Å². The van der Waals surface area contributed by atoms with Crippen LogP contribution < -0.4 is 5.32 Å². The van der Waals surface area contributed by atoms with Crippen molar-refractivity contribution < 1.29 is 4.79 Å². The van der Waals surface area contributed by atoms with Gasteiger partial charge in [0, 0.05) is 10.6 Å². The topological polar surface area (TPSA) is 29.1 Å². The van der Waals surface area contributed by atoms with Crippen molar-refractivity contribution in [3.63, 3.8) is 0 Å². The van der Waals surface area contributed by atoms with Crippen LogP contribution in [0.1, 0.15) is 42.6 Å². The molecule has 2 aromatic rings. The van der Waals surface area contributed by atoms with E-state index in [0.717, 1.165) is 21.9 Å². The number of nitrogens with one attached hydrogen (secondary N) is 1. The van der Waals surface area contributed by atoms with E-state index in [9.17, 15) is 4.79 Å². The smallest absolute Gasteiger partial charge is 0.256 e. The molecular weight excluding hydrogens is 278 g/mol. The van der Waals surface area contributed by atoms with Gasteiger partial charge < -0.3 is 5.32 Å². The number of benzene rings is 2. The molecule has 1 N–H and O–H groups in total. The Morgan fingerprint density at radius 3 is 2.38 bits per heavy atom. The van der Waals surface area contributed by atoms with E-state index in [1.54, 1.807) is 11.8 Å². The molecule has 0 unspecified atom stereocenters. The van der Waals surface area contributed by atoms with Crippen molar-refractivity contribution in [2.45, 2.75) is 31.6 Å². The number of rotatable bonds is 5. The van der Waals surface area contributed by atoms with Gasteiger partial charge in [0.05, 0.1) is 5.56 Å². The lowest BCUT2D eigenvalue weighted by atomic mass is 10.0. The van der Waals surface area contributed by atoms with E-state index in [0.29, 0.717) is 5.92 Å². The molecule has 0 heterocycles. The molecule has 0 aliphatic heterocycles. The molecule has 2 nitrogen and oxygen atoms in total. The van der Waals surface area contributed by atoms with Crippen LogP contribution in [0, 0.1) is 0 Å². The molecule has 3 heteroatoms. The maximum atomic E-state index is 12.4. The summed E-state index contributed by atoms with van der Waals surface area (Å²) in [7, 11) is 0. The predicted molar refractivity (Wildman–Crippen MR) is 91.3 cm³/mol.